The summed E-state index contributed by atoms with van der Waals surface area (Å²) >= 11 is 6.06. The van der Waals surface area contributed by atoms with Crippen molar-refractivity contribution in [3.05, 3.63) is 47.2 Å². The number of carbonyl (C=O) groups excluding carboxylic acids is 1. The highest BCUT2D eigenvalue weighted by atomic mass is 35.5. The SMILES string of the molecule is NC(=O)CCc1ccc(-c2ccccc2Cl)o1. The van der Waals surface area contributed by atoms with E-state index in [1.165, 1.54) is 0 Å². The average molecular weight is 250 g/mol. The third-order valence-electron chi connectivity index (χ3n) is 2.42. The Morgan fingerprint density at radius 1 is 1.24 bits per heavy atom. The first kappa shape index (κ1) is 11.7. The van der Waals surface area contributed by atoms with Gasteiger partial charge in [0.05, 0.1) is 5.02 Å². The molecule has 3 nitrogen and oxygen atoms in total. The summed E-state index contributed by atoms with van der Waals surface area (Å²) in [5.74, 6) is 1.11. The van der Waals surface area contributed by atoms with Gasteiger partial charge in [0.2, 0.25) is 5.91 Å². The number of aryl methyl sites for hydroxylation is 1. The molecule has 0 aliphatic heterocycles. The number of furan rings is 1. The molecule has 0 unspecified atom stereocenters. The molecule has 1 aromatic carbocycles. The molecule has 0 aliphatic carbocycles. The van der Waals surface area contributed by atoms with Gasteiger partial charge in [-0.25, -0.2) is 0 Å². The zero-order valence-corrected chi connectivity index (χ0v) is 9.91. The molecule has 1 amide bonds. The molecular weight excluding hydrogens is 238 g/mol. The van der Waals surface area contributed by atoms with Crippen molar-refractivity contribution in [2.75, 3.05) is 0 Å². The minimum atomic E-state index is -0.333. The van der Waals surface area contributed by atoms with Crippen molar-refractivity contribution in [1.29, 1.82) is 0 Å². The fraction of sp³-hybridized carbons (Fsp3) is 0.154. The van der Waals surface area contributed by atoms with E-state index < -0.39 is 0 Å². The smallest absolute Gasteiger partial charge is 0.217 e. The third-order valence-corrected chi connectivity index (χ3v) is 2.75. The summed E-state index contributed by atoms with van der Waals surface area (Å²) in [6.07, 6.45) is 0.801. The first-order valence-electron chi connectivity index (χ1n) is 5.29. The van der Waals surface area contributed by atoms with Crippen molar-refractivity contribution in [3.63, 3.8) is 0 Å². The molecule has 4 heteroatoms. The van der Waals surface area contributed by atoms with E-state index in [9.17, 15) is 4.79 Å². The Morgan fingerprint density at radius 3 is 2.71 bits per heavy atom. The summed E-state index contributed by atoms with van der Waals surface area (Å²) in [4.78, 5) is 10.7. The number of nitrogens with two attached hydrogens (primary N) is 1. The normalized spacial score (nSPS) is 10.4. The molecule has 17 heavy (non-hydrogen) atoms. The van der Waals surface area contributed by atoms with Gasteiger partial charge in [-0.2, -0.15) is 0 Å². The van der Waals surface area contributed by atoms with E-state index in [1.807, 2.05) is 36.4 Å². The lowest BCUT2D eigenvalue weighted by Gasteiger charge is -1.99. The van der Waals surface area contributed by atoms with Gasteiger partial charge in [0.1, 0.15) is 11.5 Å². The molecule has 1 heterocycles. The van der Waals surface area contributed by atoms with Crippen LogP contribution in [0.5, 0.6) is 0 Å². The Kier molecular flexibility index (Phi) is 3.49. The van der Waals surface area contributed by atoms with Crippen LogP contribution in [0, 0.1) is 0 Å². The van der Waals surface area contributed by atoms with Crippen molar-refractivity contribution in [3.8, 4) is 11.3 Å². The summed E-state index contributed by atoms with van der Waals surface area (Å²) in [6.45, 7) is 0. The van der Waals surface area contributed by atoms with Crippen LogP contribution < -0.4 is 5.73 Å². The van der Waals surface area contributed by atoms with Gasteiger partial charge >= 0.3 is 0 Å². The standard InChI is InChI=1S/C13H12ClNO2/c14-11-4-2-1-3-10(11)12-7-5-9(17-12)6-8-13(15)16/h1-5,7H,6,8H2,(H2,15,16). The zero-order valence-electron chi connectivity index (χ0n) is 9.15. The van der Waals surface area contributed by atoms with Gasteiger partial charge in [0.25, 0.3) is 0 Å². The number of rotatable bonds is 4. The number of amides is 1. The minimum absolute atomic E-state index is 0.287. The van der Waals surface area contributed by atoms with Crippen LogP contribution in [0.25, 0.3) is 11.3 Å². The van der Waals surface area contributed by atoms with Gasteiger partial charge in [0, 0.05) is 18.4 Å². The summed E-state index contributed by atoms with van der Waals surface area (Å²) in [5, 5.41) is 0.642. The van der Waals surface area contributed by atoms with Gasteiger partial charge in [0.15, 0.2) is 0 Å². The van der Waals surface area contributed by atoms with Crippen LogP contribution >= 0.6 is 11.6 Å². The van der Waals surface area contributed by atoms with Gasteiger partial charge in [-0.05, 0) is 24.3 Å². The monoisotopic (exact) mass is 249 g/mol. The van der Waals surface area contributed by atoms with Gasteiger partial charge in [-0.1, -0.05) is 23.7 Å². The fourth-order valence-electron chi connectivity index (χ4n) is 1.56. The average Bonchev–Trinajstić information content (AvgIpc) is 2.75. The van der Waals surface area contributed by atoms with Crippen LogP contribution in [0.4, 0.5) is 0 Å². The van der Waals surface area contributed by atoms with Crippen LogP contribution in [-0.4, -0.2) is 5.91 Å². The highest BCUT2D eigenvalue weighted by molar-refractivity contribution is 6.33. The maximum atomic E-state index is 10.7. The molecular formula is C13H12ClNO2. The molecule has 0 atom stereocenters. The Labute approximate surface area is 104 Å². The first-order valence-corrected chi connectivity index (χ1v) is 5.66. The number of hydrogen-bond donors (Lipinski definition) is 1. The first-order chi connectivity index (χ1) is 8.16. The molecule has 0 saturated heterocycles. The maximum absolute atomic E-state index is 10.7. The molecule has 0 radical (unpaired) electrons. The minimum Gasteiger partial charge on any atom is -0.461 e. The number of carbonyl (C=O) groups is 1. The molecule has 0 bridgehead atoms. The van der Waals surface area contributed by atoms with Crippen molar-refractivity contribution in [1.82, 2.24) is 0 Å². The molecule has 0 fully saturated rings. The van der Waals surface area contributed by atoms with Gasteiger partial charge < -0.3 is 10.2 Å². The topological polar surface area (TPSA) is 56.2 Å². The zero-order chi connectivity index (χ0) is 12.3. The van der Waals surface area contributed by atoms with Gasteiger partial charge in [-0.3, -0.25) is 4.79 Å². The van der Waals surface area contributed by atoms with E-state index in [4.69, 9.17) is 21.8 Å². The molecule has 1 aromatic heterocycles. The quantitative estimate of drug-likeness (QED) is 0.906. The van der Waals surface area contributed by atoms with Crippen molar-refractivity contribution in [2.24, 2.45) is 5.73 Å². The number of hydrogen-bond acceptors (Lipinski definition) is 2. The molecule has 2 rings (SSSR count). The predicted molar refractivity (Wildman–Crippen MR) is 66.7 cm³/mol. The highest BCUT2D eigenvalue weighted by Gasteiger charge is 2.08. The lowest BCUT2D eigenvalue weighted by molar-refractivity contribution is -0.118. The lowest BCUT2D eigenvalue weighted by Crippen LogP contribution is -2.10. The predicted octanol–water partition coefficient (Wildman–Crippen LogP) is 3.02. The summed E-state index contributed by atoms with van der Waals surface area (Å²) in [5.41, 5.74) is 5.93. The summed E-state index contributed by atoms with van der Waals surface area (Å²) in [6, 6.07) is 11.1. The molecule has 0 saturated carbocycles. The van der Waals surface area contributed by atoms with E-state index in [0.29, 0.717) is 17.2 Å². The molecule has 0 spiro atoms. The van der Waals surface area contributed by atoms with E-state index in [1.54, 1.807) is 0 Å². The number of benzene rings is 1. The maximum Gasteiger partial charge on any atom is 0.217 e. The number of halogens is 1. The highest BCUT2D eigenvalue weighted by Crippen LogP contribution is 2.29. The Morgan fingerprint density at radius 2 is 2.00 bits per heavy atom. The van der Waals surface area contributed by atoms with Crippen molar-refractivity contribution in [2.45, 2.75) is 12.8 Å². The van der Waals surface area contributed by atoms with Gasteiger partial charge in [-0.15, -0.1) is 0 Å². The van der Waals surface area contributed by atoms with Crippen LogP contribution in [-0.2, 0) is 11.2 Å². The summed E-state index contributed by atoms with van der Waals surface area (Å²) < 4.78 is 5.61. The Balaban J connectivity index is 2.18. The second-order valence-corrected chi connectivity index (χ2v) is 4.12. The van der Waals surface area contributed by atoms with Crippen LogP contribution in [0.15, 0.2) is 40.8 Å². The lowest BCUT2D eigenvalue weighted by atomic mass is 10.2. The van der Waals surface area contributed by atoms with E-state index in [-0.39, 0.29) is 12.3 Å². The Hall–Kier alpha value is -1.74. The van der Waals surface area contributed by atoms with E-state index in [2.05, 4.69) is 0 Å². The van der Waals surface area contributed by atoms with E-state index >= 15 is 0 Å². The molecule has 88 valence electrons. The summed E-state index contributed by atoms with van der Waals surface area (Å²) in [7, 11) is 0. The van der Waals surface area contributed by atoms with Crippen LogP contribution in [0.2, 0.25) is 5.02 Å². The number of primary amides is 1. The third kappa shape index (κ3) is 2.88. The molecule has 0 aliphatic rings. The van der Waals surface area contributed by atoms with Crippen molar-refractivity contribution < 1.29 is 9.21 Å². The second-order valence-electron chi connectivity index (χ2n) is 3.71. The largest absolute Gasteiger partial charge is 0.461 e. The second kappa shape index (κ2) is 5.06. The molecule has 2 N–H and O–H groups in total. The Bertz CT molecular complexity index is 534. The fourth-order valence-corrected chi connectivity index (χ4v) is 1.79. The van der Waals surface area contributed by atoms with Crippen molar-refractivity contribution >= 4 is 17.5 Å². The molecule has 2 aromatic rings. The van der Waals surface area contributed by atoms with E-state index in [0.717, 1.165) is 11.3 Å². The van der Waals surface area contributed by atoms with Crippen LogP contribution in [0.1, 0.15) is 12.2 Å². The van der Waals surface area contributed by atoms with Crippen LogP contribution in [0.3, 0.4) is 0 Å².